The smallest absolute Gasteiger partial charge is 0.289 e. The van der Waals surface area contributed by atoms with Gasteiger partial charge in [0.05, 0.1) is 11.0 Å². The number of piperidine rings is 1. The molecule has 1 aromatic carbocycles. The summed E-state index contributed by atoms with van der Waals surface area (Å²) >= 11 is 0. The van der Waals surface area contributed by atoms with Gasteiger partial charge in [-0.1, -0.05) is 12.1 Å². The zero-order chi connectivity index (χ0) is 18.0. The second-order valence-corrected chi connectivity index (χ2v) is 8.51. The summed E-state index contributed by atoms with van der Waals surface area (Å²) in [5.74, 6) is 0.229. The van der Waals surface area contributed by atoms with Gasteiger partial charge in [-0.25, -0.2) is 8.42 Å². The van der Waals surface area contributed by atoms with E-state index in [0.717, 1.165) is 12.8 Å². The Morgan fingerprint density at radius 3 is 2.52 bits per heavy atom. The van der Waals surface area contributed by atoms with Crippen molar-refractivity contribution in [3.05, 3.63) is 34.4 Å². The number of nitro groups is 1. The van der Waals surface area contributed by atoms with Gasteiger partial charge in [0.25, 0.3) is 5.69 Å². The van der Waals surface area contributed by atoms with E-state index in [1.165, 1.54) is 28.6 Å². The lowest BCUT2D eigenvalue weighted by molar-refractivity contribution is -0.387. The summed E-state index contributed by atoms with van der Waals surface area (Å²) in [6.07, 6.45) is 3.17. The molecular formula is C16H23N3O5S. The lowest BCUT2D eigenvalue weighted by Crippen LogP contribution is -2.49. The Balaban J connectivity index is 1.73. The maximum absolute atomic E-state index is 12.8. The zero-order valence-electron chi connectivity index (χ0n) is 13.9. The van der Waals surface area contributed by atoms with Crippen LogP contribution in [-0.4, -0.2) is 49.5 Å². The van der Waals surface area contributed by atoms with Gasteiger partial charge < -0.3 is 10.5 Å². The summed E-state index contributed by atoms with van der Waals surface area (Å²) in [5, 5.41) is 11.1. The first-order valence-corrected chi connectivity index (χ1v) is 9.96. The largest absolute Gasteiger partial charge is 0.376 e. The van der Waals surface area contributed by atoms with Crippen molar-refractivity contribution in [1.29, 1.82) is 0 Å². The predicted molar refractivity (Wildman–Crippen MR) is 91.5 cm³/mol. The number of nitrogens with zero attached hydrogens (tertiary/aromatic N) is 2. The highest BCUT2D eigenvalue weighted by atomic mass is 32.2. The first-order valence-electron chi connectivity index (χ1n) is 8.52. The van der Waals surface area contributed by atoms with Crippen molar-refractivity contribution in [1.82, 2.24) is 4.31 Å². The van der Waals surface area contributed by atoms with Crippen molar-refractivity contribution < 1.29 is 18.1 Å². The van der Waals surface area contributed by atoms with Crippen LogP contribution in [0.15, 0.2) is 29.2 Å². The molecule has 2 unspecified atom stereocenters. The minimum atomic E-state index is -3.89. The lowest BCUT2D eigenvalue weighted by Gasteiger charge is -2.39. The molecule has 2 fully saturated rings. The van der Waals surface area contributed by atoms with Crippen LogP contribution in [0.4, 0.5) is 5.69 Å². The number of para-hydroxylation sites is 1. The number of hydrogen-bond donors (Lipinski definition) is 1. The molecule has 1 aromatic rings. The van der Waals surface area contributed by atoms with Crippen LogP contribution in [0.1, 0.15) is 25.7 Å². The van der Waals surface area contributed by atoms with Gasteiger partial charge >= 0.3 is 0 Å². The standard InChI is InChI=1S/C16H23N3O5S/c17-13-4-3-11-24-16(13)12-7-9-18(10-8-12)25(22,23)15-6-2-1-5-14(15)19(20)21/h1-2,5-6,12-13,16H,3-4,7-11,17H2. The Morgan fingerprint density at radius 1 is 1.20 bits per heavy atom. The van der Waals surface area contributed by atoms with E-state index in [2.05, 4.69) is 0 Å². The monoisotopic (exact) mass is 369 g/mol. The normalized spacial score (nSPS) is 26.4. The minimum Gasteiger partial charge on any atom is -0.376 e. The summed E-state index contributed by atoms with van der Waals surface area (Å²) < 4.78 is 32.8. The van der Waals surface area contributed by atoms with Crippen LogP contribution in [-0.2, 0) is 14.8 Å². The molecule has 0 spiro atoms. The van der Waals surface area contributed by atoms with Gasteiger partial charge in [-0.3, -0.25) is 10.1 Å². The van der Waals surface area contributed by atoms with E-state index in [9.17, 15) is 18.5 Å². The first kappa shape index (κ1) is 18.2. The van der Waals surface area contributed by atoms with Crippen LogP contribution in [0.3, 0.4) is 0 Å². The van der Waals surface area contributed by atoms with Crippen LogP contribution in [0.2, 0.25) is 0 Å². The number of hydrogen-bond acceptors (Lipinski definition) is 6. The summed E-state index contributed by atoms with van der Waals surface area (Å²) in [6, 6.07) is 5.47. The molecule has 0 radical (unpaired) electrons. The summed E-state index contributed by atoms with van der Waals surface area (Å²) in [7, 11) is -3.89. The Labute approximate surface area is 147 Å². The highest BCUT2D eigenvalue weighted by Crippen LogP contribution is 2.32. The molecule has 2 heterocycles. The summed E-state index contributed by atoms with van der Waals surface area (Å²) in [6.45, 7) is 1.35. The van der Waals surface area contributed by atoms with E-state index in [0.29, 0.717) is 32.5 Å². The second-order valence-electron chi connectivity index (χ2n) is 6.61. The van der Waals surface area contributed by atoms with Gasteiger partial charge in [0.15, 0.2) is 4.90 Å². The number of nitrogens with two attached hydrogens (primary N) is 1. The predicted octanol–water partition coefficient (Wildman–Crippen LogP) is 1.50. The number of sulfonamides is 1. The molecule has 2 saturated heterocycles. The molecule has 8 nitrogen and oxygen atoms in total. The molecule has 138 valence electrons. The average Bonchev–Trinajstić information content (AvgIpc) is 2.62. The van der Waals surface area contributed by atoms with Gasteiger partial charge in [0.1, 0.15) is 0 Å². The van der Waals surface area contributed by atoms with E-state index < -0.39 is 14.9 Å². The van der Waals surface area contributed by atoms with E-state index in [1.807, 2.05) is 0 Å². The number of ether oxygens (including phenoxy) is 1. The highest BCUT2D eigenvalue weighted by molar-refractivity contribution is 7.89. The minimum absolute atomic E-state index is 0.00267. The highest BCUT2D eigenvalue weighted by Gasteiger charge is 2.38. The molecule has 2 aliphatic heterocycles. The molecule has 0 saturated carbocycles. The average molecular weight is 369 g/mol. The molecule has 2 atom stereocenters. The molecule has 0 aromatic heterocycles. The van der Waals surface area contributed by atoms with Crippen molar-refractivity contribution in [3.8, 4) is 0 Å². The summed E-state index contributed by atoms with van der Waals surface area (Å²) in [5.41, 5.74) is 5.76. The Morgan fingerprint density at radius 2 is 1.88 bits per heavy atom. The van der Waals surface area contributed by atoms with Crippen LogP contribution in [0, 0.1) is 16.0 Å². The van der Waals surface area contributed by atoms with E-state index in [4.69, 9.17) is 10.5 Å². The maximum Gasteiger partial charge on any atom is 0.289 e. The van der Waals surface area contributed by atoms with E-state index >= 15 is 0 Å². The zero-order valence-corrected chi connectivity index (χ0v) is 14.7. The topological polar surface area (TPSA) is 116 Å². The fourth-order valence-electron chi connectivity index (χ4n) is 3.72. The van der Waals surface area contributed by atoms with Gasteiger partial charge in [0.2, 0.25) is 10.0 Å². The second kappa shape index (κ2) is 7.36. The van der Waals surface area contributed by atoms with Gasteiger partial charge in [0, 0.05) is 31.8 Å². The molecule has 0 aliphatic carbocycles. The molecule has 9 heteroatoms. The van der Waals surface area contributed by atoms with Crippen molar-refractivity contribution in [2.75, 3.05) is 19.7 Å². The van der Waals surface area contributed by atoms with Crippen molar-refractivity contribution in [2.24, 2.45) is 11.7 Å². The Hall–Kier alpha value is -1.55. The Bertz CT molecular complexity index is 731. The third kappa shape index (κ3) is 3.69. The maximum atomic E-state index is 12.8. The molecule has 2 N–H and O–H groups in total. The fraction of sp³-hybridized carbons (Fsp3) is 0.625. The Kier molecular flexibility index (Phi) is 5.38. The van der Waals surface area contributed by atoms with Gasteiger partial charge in [-0.05, 0) is 37.7 Å². The molecule has 25 heavy (non-hydrogen) atoms. The molecule has 0 amide bonds. The van der Waals surface area contributed by atoms with Crippen molar-refractivity contribution in [2.45, 2.75) is 42.7 Å². The van der Waals surface area contributed by atoms with E-state index in [-0.39, 0.29) is 28.6 Å². The SMILES string of the molecule is NC1CCCOC1C1CCN(S(=O)(=O)c2ccccc2[N+](=O)[O-])CC1. The van der Waals surface area contributed by atoms with Crippen LogP contribution >= 0.6 is 0 Å². The van der Waals surface area contributed by atoms with Gasteiger partial charge in [-0.15, -0.1) is 0 Å². The van der Waals surface area contributed by atoms with Crippen LogP contribution < -0.4 is 5.73 Å². The third-order valence-corrected chi connectivity index (χ3v) is 7.00. The molecule has 0 bridgehead atoms. The van der Waals surface area contributed by atoms with Crippen molar-refractivity contribution in [3.63, 3.8) is 0 Å². The van der Waals surface area contributed by atoms with Crippen LogP contribution in [0.5, 0.6) is 0 Å². The third-order valence-electron chi connectivity index (χ3n) is 5.06. The number of benzene rings is 1. The molecule has 2 aliphatic rings. The summed E-state index contributed by atoms with van der Waals surface area (Å²) in [4.78, 5) is 10.2. The van der Waals surface area contributed by atoms with Crippen molar-refractivity contribution >= 4 is 15.7 Å². The number of rotatable bonds is 4. The fourth-order valence-corrected chi connectivity index (χ4v) is 5.35. The quantitative estimate of drug-likeness (QED) is 0.635. The first-order chi connectivity index (χ1) is 11.9. The van der Waals surface area contributed by atoms with Gasteiger partial charge in [-0.2, -0.15) is 4.31 Å². The van der Waals surface area contributed by atoms with E-state index in [1.54, 1.807) is 0 Å². The number of nitro benzene ring substituents is 1. The molecule has 3 rings (SSSR count). The lowest BCUT2D eigenvalue weighted by atomic mass is 9.85. The molecular weight excluding hydrogens is 346 g/mol. The van der Waals surface area contributed by atoms with Crippen LogP contribution in [0.25, 0.3) is 0 Å².